The topological polar surface area (TPSA) is 97.1 Å². The number of hydrogen-bond acceptors (Lipinski definition) is 5. The fourth-order valence-electron chi connectivity index (χ4n) is 1.31. The molecule has 82 valence electrons. The highest BCUT2D eigenvalue weighted by Crippen LogP contribution is 2.25. The fraction of sp³-hybridized carbons (Fsp3) is 0.286. The van der Waals surface area contributed by atoms with Gasteiger partial charge in [0.1, 0.15) is 5.01 Å². The number of aromatic nitrogens is 1. The van der Waals surface area contributed by atoms with Crippen LogP contribution < -0.4 is 16.4 Å². The number of carbonyl (C=O) groups is 2. The van der Waals surface area contributed by atoms with E-state index in [9.17, 15) is 9.59 Å². The second kappa shape index (κ2) is 4.13. The number of amides is 3. The van der Waals surface area contributed by atoms with Crippen LogP contribution in [0.25, 0.3) is 0 Å². The van der Waals surface area contributed by atoms with Crippen molar-refractivity contribution in [3.63, 3.8) is 0 Å². The number of urea groups is 1. The molecule has 1 aromatic heterocycles. The first kappa shape index (κ1) is 11.9. The maximum Gasteiger partial charge on any atom is 0.322 e. The van der Waals surface area contributed by atoms with Gasteiger partial charge in [-0.25, -0.2) is 9.78 Å². The van der Waals surface area contributed by atoms with E-state index < -0.39 is 17.5 Å². The maximum atomic E-state index is 11.5. The highest BCUT2D eigenvalue weighted by Gasteiger charge is 2.48. The first-order valence-corrected chi connectivity index (χ1v) is 4.80. The number of nitrogens with two attached hydrogens (primary N) is 1. The minimum Gasteiger partial charge on any atom is -0.327 e. The van der Waals surface area contributed by atoms with E-state index in [1.54, 1.807) is 11.6 Å². The quantitative estimate of drug-likeness (QED) is 0.618. The Labute approximate surface area is 95.7 Å². The number of rotatable bonds is 2. The van der Waals surface area contributed by atoms with E-state index in [0.717, 1.165) is 0 Å². The largest absolute Gasteiger partial charge is 0.327 e. The van der Waals surface area contributed by atoms with Crippen LogP contribution in [0, 0.1) is 0 Å². The molecule has 1 aromatic rings. The third kappa shape index (κ3) is 1.69. The summed E-state index contributed by atoms with van der Waals surface area (Å²) in [6, 6.07) is -0.532. The molecule has 3 amide bonds. The molecule has 1 aliphatic heterocycles. The van der Waals surface area contributed by atoms with Crippen molar-refractivity contribution in [1.82, 2.24) is 15.6 Å². The van der Waals surface area contributed by atoms with Gasteiger partial charge in [0.05, 0.1) is 0 Å². The molecule has 1 aliphatic rings. The van der Waals surface area contributed by atoms with Crippen LogP contribution in [-0.4, -0.2) is 23.5 Å². The van der Waals surface area contributed by atoms with E-state index in [2.05, 4.69) is 15.6 Å². The van der Waals surface area contributed by atoms with Gasteiger partial charge in [-0.2, -0.15) is 0 Å². The zero-order chi connectivity index (χ0) is 10.2. The van der Waals surface area contributed by atoms with Gasteiger partial charge >= 0.3 is 6.03 Å². The number of nitrogens with one attached hydrogen (secondary N) is 2. The van der Waals surface area contributed by atoms with Gasteiger partial charge in [-0.05, 0) is 0 Å². The molecule has 0 radical (unpaired) electrons. The summed E-state index contributed by atoms with van der Waals surface area (Å²) in [5.41, 5.74) is 4.33. The molecule has 1 saturated heterocycles. The fourth-order valence-corrected chi connectivity index (χ4v) is 2.11. The molecule has 1 fully saturated rings. The third-order valence-electron chi connectivity index (χ3n) is 2.05. The lowest BCUT2D eigenvalue weighted by Gasteiger charge is -2.20. The highest BCUT2D eigenvalue weighted by atomic mass is 35.5. The lowest BCUT2D eigenvalue weighted by molar-refractivity contribution is -0.123. The average molecular weight is 249 g/mol. The van der Waals surface area contributed by atoms with E-state index in [-0.39, 0.29) is 19.0 Å². The Morgan fingerprint density at radius 2 is 2.27 bits per heavy atom. The molecule has 4 N–H and O–H groups in total. The molecule has 1 unspecified atom stereocenters. The summed E-state index contributed by atoms with van der Waals surface area (Å²) in [5.74, 6) is -0.444. The van der Waals surface area contributed by atoms with Crippen LogP contribution >= 0.6 is 23.7 Å². The van der Waals surface area contributed by atoms with Crippen molar-refractivity contribution in [2.24, 2.45) is 5.73 Å². The normalized spacial score (nSPS) is 24.3. The van der Waals surface area contributed by atoms with Gasteiger partial charge in [0, 0.05) is 18.1 Å². The maximum absolute atomic E-state index is 11.5. The van der Waals surface area contributed by atoms with Gasteiger partial charge in [-0.1, -0.05) is 0 Å². The SMILES string of the molecule is Cl.NCC1(c2nccs2)NC(=O)NC1=O. The van der Waals surface area contributed by atoms with Crippen LogP contribution in [0.15, 0.2) is 11.6 Å². The van der Waals surface area contributed by atoms with E-state index in [4.69, 9.17) is 5.73 Å². The Bertz CT molecular complexity index is 382. The van der Waals surface area contributed by atoms with Crippen molar-refractivity contribution in [3.05, 3.63) is 16.6 Å². The van der Waals surface area contributed by atoms with Crippen LogP contribution in [-0.2, 0) is 10.3 Å². The van der Waals surface area contributed by atoms with Crippen LogP contribution in [0.2, 0.25) is 0 Å². The highest BCUT2D eigenvalue weighted by molar-refractivity contribution is 7.09. The lowest BCUT2D eigenvalue weighted by Crippen LogP contribution is -2.49. The first-order valence-electron chi connectivity index (χ1n) is 3.93. The summed E-state index contributed by atoms with van der Waals surface area (Å²) >= 11 is 1.28. The summed E-state index contributed by atoms with van der Waals surface area (Å²) in [6.45, 7) is -0.00190. The van der Waals surface area contributed by atoms with E-state index in [1.807, 2.05) is 0 Å². The monoisotopic (exact) mass is 248 g/mol. The van der Waals surface area contributed by atoms with Crippen molar-refractivity contribution in [2.75, 3.05) is 6.54 Å². The standard InChI is InChI=1S/C7H8N4O2S.ClH/c8-3-7(5-9-1-2-14-5)4(12)10-6(13)11-7;/h1-2H,3,8H2,(H2,10,11,12,13);1H. The van der Waals surface area contributed by atoms with Gasteiger partial charge in [0.25, 0.3) is 5.91 Å². The number of thiazole rings is 1. The average Bonchev–Trinajstić information content (AvgIpc) is 2.73. The molecular weight excluding hydrogens is 240 g/mol. The van der Waals surface area contributed by atoms with Crippen LogP contribution in [0.1, 0.15) is 5.01 Å². The molecule has 2 rings (SSSR count). The van der Waals surface area contributed by atoms with Gasteiger partial charge in [-0.15, -0.1) is 23.7 Å². The number of imide groups is 1. The number of nitrogens with zero attached hydrogens (tertiary/aromatic N) is 1. The van der Waals surface area contributed by atoms with E-state index in [1.165, 1.54) is 11.3 Å². The Morgan fingerprint density at radius 1 is 1.53 bits per heavy atom. The minimum atomic E-state index is -1.18. The zero-order valence-corrected chi connectivity index (χ0v) is 9.15. The summed E-state index contributed by atoms with van der Waals surface area (Å²) in [7, 11) is 0. The predicted octanol–water partition coefficient (Wildman–Crippen LogP) is -0.442. The van der Waals surface area contributed by atoms with E-state index >= 15 is 0 Å². The van der Waals surface area contributed by atoms with Gasteiger partial charge in [-0.3, -0.25) is 10.1 Å². The molecule has 0 saturated carbocycles. The zero-order valence-electron chi connectivity index (χ0n) is 7.52. The Balaban J connectivity index is 0.00000112. The van der Waals surface area contributed by atoms with Crippen molar-refractivity contribution in [1.29, 1.82) is 0 Å². The van der Waals surface area contributed by atoms with E-state index in [0.29, 0.717) is 5.01 Å². The van der Waals surface area contributed by atoms with Crippen LogP contribution in [0.3, 0.4) is 0 Å². The Hall–Kier alpha value is -1.18. The van der Waals surface area contributed by atoms with Gasteiger partial charge in [0.15, 0.2) is 5.54 Å². The smallest absolute Gasteiger partial charge is 0.322 e. The molecule has 15 heavy (non-hydrogen) atoms. The summed E-state index contributed by atoms with van der Waals surface area (Å²) in [4.78, 5) is 26.5. The minimum absolute atomic E-state index is 0. The number of halogens is 1. The molecule has 0 bridgehead atoms. The molecular formula is C7H9ClN4O2S. The second-order valence-electron chi connectivity index (χ2n) is 2.85. The first-order chi connectivity index (χ1) is 6.69. The molecule has 6 nitrogen and oxygen atoms in total. The van der Waals surface area contributed by atoms with Crippen molar-refractivity contribution >= 4 is 35.7 Å². The van der Waals surface area contributed by atoms with Crippen LogP contribution in [0.4, 0.5) is 4.79 Å². The molecule has 0 spiro atoms. The summed E-state index contributed by atoms with van der Waals surface area (Å²) in [5, 5.41) is 6.87. The molecule has 8 heteroatoms. The van der Waals surface area contributed by atoms with Crippen molar-refractivity contribution < 1.29 is 9.59 Å². The molecule has 0 aliphatic carbocycles. The Kier molecular flexibility index (Phi) is 3.28. The predicted molar refractivity (Wildman–Crippen MR) is 56.8 cm³/mol. The summed E-state index contributed by atoms with van der Waals surface area (Å²) < 4.78 is 0. The second-order valence-corrected chi connectivity index (χ2v) is 3.75. The van der Waals surface area contributed by atoms with Crippen LogP contribution in [0.5, 0.6) is 0 Å². The third-order valence-corrected chi connectivity index (χ3v) is 2.98. The van der Waals surface area contributed by atoms with Gasteiger partial charge < -0.3 is 11.1 Å². The molecule has 1 atom stereocenters. The van der Waals surface area contributed by atoms with Gasteiger partial charge in [0.2, 0.25) is 0 Å². The lowest BCUT2D eigenvalue weighted by atomic mass is 10.0. The van der Waals surface area contributed by atoms with Crippen molar-refractivity contribution in [3.8, 4) is 0 Å². The summed E-state index contributed by atoms with van der Waals surface area (Å²) in [6.07, 6.45) is 1.56. The Morgan fingerprint density at radius 3 is 2.67 bits per heavy atom. The number of hydrogen-bond donors (Lipinski definition) is 3. The number of carbonyl (C=O) groups excluding carboxylic acids is 2. The molecule has 2 heterocycles. The molecule has 0 aromatic carbocycles. The van der Waals surface area contributed by atoms with Crippen molar-refractivity contribution in [2.45, 2.75) is 5.54 Å².